The molecule has 1 aliphatic heterocycles. The molecule has 1 amide bonds. The molecule has 158 valence electrons. The van der Waals surface area contributed by atoms with E-state index in [1.807, 2.05) is 30.3 Å². The summed E-state index contributed by atoms with van der Waals surface area (Å²) in [5, 5.41) is 3.69. The van der Waals surface area contributed by atoms with Gasteiger partial charge in [0.15, 0.2) is 0 Å². The van der Waals surface area contributed by atoms with Crippen molar-refractivity contribution in [1.82, 2.24) is 10.3 Å². The molecule has 1 aliphatic rings. The largest absolute Gasteiger partial charge is 0.351 e. The summed E-state index contributed by atoms with van der Waals surface area (Å²) in [4.78, 5) is 15.7. The second-order valence-electron chi connectivity index (χ2n) is 8.76. The number of carbonyl (C=O) groups excluding carboxylic acids is 1. The van der Waals surface area contributed by atoms with Crippen molar-refractivity contribution in [3.05, 3.63) is 65.4 Å². The van der Waals surface area contributed by atoms with Gasteiger partial charge in [-0.15, -0.1) is 0 Å². The average molecular weight is 426 g/mol. The second-order valence-corrected chi connectivity index (χ2v) is 10.8. The van der Waals surface area contributed by atoms with Gasteiger partial charge in [-0.05, 0) is 41.2 Å². The molecule has 0 unspecified atom stereocenters. The molecule has 0 fully saturated rings. The Kier molecular flexibility index (Phi) is 5.10. The van der Waals surface area contributed by atoms with Crippen LogP contribution in [0.25, 0.3) is 10.9 Å². The van der Waals surface area contributed by atoms with Gasteiger partial charge in [-0.1, -0.05) is 51.1 Å². The summed E-state index contributed by atoms with van der Waals surface area (Å²) in [5.41, 5.74) is 4.31. The molecule has 3 aromatic rings. The maximum atomic E-state index is 12.8. The Balaban J connectivity index is 1.41. The van der Waals surface area contributed by atoms with Crippen LogP contribution in [0.5, 0.6) is 0 Å². The fourth-order valence-corrected chi connectivity index (χ4v) is 5.24. The van der Waals surface area contributed by atoms with Gasteiger partial charge in [0.1, 0.15) is 5.69 Å². The monoisotopic (exact) mass is 425 g/mol. The van der Waals surface area contributed by atoms with E-state index in [1.54, 1.807) is 6.07 Å². The first-order valence-electron chi connectivity index (χ1n) is 10.1. The number of rotatable bonds is 5. The smallest absolute Gasteiger partial charge is 0.267 e. The highest BCUT2D eigenvalue weighted by Gasteiger charge is 2.28. The van der Waals surface area contributed by atoms with E-state index < -0.39 is 10.0 Å². The Morgan fingerprint density at radius 2 is 1.90 bits per heavy atom. The molecule has 0 aliphatic carbocycles. The predicted molar refractivity (Wildman–Crippen MR) is 121 cm³/mol. The maximum Gasteiger partial charge on any atom is 0.267 e. The molecule has 7 heteroatoms. The highest BCUT2D eigenvalue weighted by atomic mass is 32.2. The maximum absolute atomic E-state index is 12.8. The minimum absolute atomic E-state index is 0.0181. The van der Waals surface area contributed by atoms with E-state index in [2.05, 4.69) is 43.2 Å². The number of fused-ring (bicyclic) bond motifs is 2. The summed E-state index contributed by atoms with van der Waals surface area (Å²) in [6.07, 6.45) is 0.716. The van der Waals surface area contributed by atoms with Crippen LogP contribution < -0.4 is 9.62 Å². The molecule has 0 atom stereocenters. The van der Waals surface area contributed by atoms with Gasteiger partial charge in [0.05, 0.1) is 11.4 Å². The lowest BCUT2D eigenvalue weighted by Gasteiger charge is -2.19. The van der Waals surface area contributed by atoms with Crippen molar-refractivity contribution in [3.63, 3.8) is 0 Å². The molecule has 0 radical (unpaired) electrons. The van der Waals surface area contributed by atoms with Crippen LogP contribution in [0.1, 0.15) is 42.4 Å². The van der Waals surface area contributed by atoms with Crippen molar-refractivity contribution in [3.8, 4) is 0 Å². The summed E-state index contributed by atoms with van der Waals surface area (Å²) in [6, 6.07) is 15.5. The zero-order valence-corrected chi connectivity index (χ0v) is 18.3. The van der Waals surface area contributed by atoms with Crippen LogP contribution in [0.3, 0.4) is 0 Å². The van der Waals surface area contributed by atoms with Gasteiger partial charge in [-0.25, -0.2) is 8.42 Å². The fourth-order valence-electron chi connectivity index (χ4n) is 3.81. The van der Waals surface area contributed by atoms with Crippen LogP contribution in [-0.4, -0.2) is 38.2 Å². The molecule has 2 aromatic carbocycles. The minimum atomic E-state index is -3.49. The quantitative estimate of drug-likeness (QED) is 0.655. The summed E-state index contributed by atoms with van der Waals surface area (Å²) in [7, 11) is -3.49. The van der Waals surface area contributed by atoms with Gasteiger partial charge in [0.2, 0.25) is 10.0 Å². The molecule has 0 bridgehead atoms. The summed E-state index contributed by atoms with van der Waals surface area (Å²) in [5.74, 6) is -0.442. The second kappa shape index (κ2) is 7.47. The summed E-state index contributed by atoms with van der Waals surface area (Å²) >= 11 is 0. The number of aromatic amines is 1. The number of carbonyl (C=O) groups is 1. The molecular weight excluding hydrogens is 398 g/mol. The van der Waals surface area contributed by atoms with Crippen LogP contribution in [0.2, 0.25) is 0 Å². The van der Waals surface area contributed by atoms with Crippen molar-refractivity contribution in [2.45, 2.75) is 32.6 Å². The Morgan fingerprint density at radius 1 is 1.13 bits per heavy atom. The molecule has 0 saturated heterocycles. The molecule has 30 heavy (non-hydrogen) atoms. The zero-order chi connectivity index (χ0) is 21.5. The lowest BCUT2D eigenvalue weighted by molar-refractivity contribution is 0.0952. The van der Waals surface area contributed by atoms with Crippen molar-refractivity contribution in [2.24, 2.45) is 0 Å². The number of anilines is 1. The van der Waals surface area contributed by atoms with Crippen LogP contribution in [0, 0.1) is 0 Å². The van der Waals surface area contributed by atoms with Gasteiger partial charge in [-0.3, -0.25) is 9.10 Å². The molecule has 6 nitrogen and oxygen atoms in total. The van der Waals surface area contributed by atoms with Gasteiger partial charge < -0.3 is 10.3 Å². The van der Waals surface area contributed by atoms with Gasteiger partial charge >= 0.3 is 0 Å². The highest BCUT2D eigenvalue weighted by Crippen LogP contribution is 2.30. The topological polar surface area (TPSA) is 82.3 Å². The average Bonchev–Trinajstić information content (AvgIpc) is 3.31. The lowest BCUT2D eigenvalue weighted by Crippen LogP contribution is -2.37. The lowest BCUT2D eigenvalue weighted by atomic mass is 9.87. The number of amides is 1. The Hall–Kier alpha value is -2.80. The highest BCUT2D eigenvalue weighted by molar-refractivity contribution is 7.92. The van der Waals surface area contributed by atoms with Crippen molar-refractivity contribution < 1.29 is 13.2 Å². The standard InChI is InChI=1S/C23H27N3O3S/c1-23(2,3)18-9-8-17-14-20(25-19(17)15-18)22(27)24-11-13-30(28,29)26-12-10-16-6-4-5-7-21(16)26/h4-9,14-15,25H,10-13H2,1-3H3,(H,24,27). The van der Waals surface area contributed by atoms with Crippen LogP contribution in [0.4, 0.5) is 5.69 Å². The van der Waals surface area contributed by atoms with Gasteiger partial charge in [0.25, 0.3) is 5.91 Å². The molecule has 2 N–H and O–H groups in total. The number of hydrogen-bond donors (Lipinski definition) is 2. The number of H-pyrrole nitrogens is 1. The Morgan fingerprint density at radius 3 is 2.67 bits per heavy atom. The third-order valence-corrected chi connectivity index (χ3v) is 7.33. The normalized spacial score (nSPS) is 14.2. The van der Waals surface area contributed by atoms with Gasteiger partial charge in [-0.2, -0.15) is 0 Å². The van der Waals surface area contributed by atoms with Crippen molar-refractivity contribution in [1.29, 1.82) is 0 Å². The van der Waals surface area contributed by atoms with Crippen LogP contribution in [0.15, 0.2) is 48.5 Å². The molecular formula is C23H27N3O3S. The minimum Gasteiger partial charge on any atom is -0.351 e. The Bertz CT molecular complexity index is 1210. The number of hydrogen-bond acceptors (Lipinski definition) is 3. The first kappa shape index (κ1) is 20.5. The first-order chi connectivity index (χ1) is 14.1. The van der Waals surface area contributed by atoms with Crippen LogP contribution in [-0.2, 0) is 21.9 Å². The van der Waals surface area contributed by atoms with E-state index in [0.29, 0.717) is 18.7 Å². The van der Waals surface area contributed by atoms with Gasteiger partial charge in [0, 0.05) is 24.0 Å². The van der Waals surface area contributed by atoms with Crippen molar-refractivity contribution >= 4 is 32.5 Å². The van der Waals surface area contributed by atoms with E-state index in [-0.39, 0.29) is 23.6 Å². The predicted octanol–water partition coefficient (Wildman–Crippen LogP) is 3.59. The van der Waals surface area contributed by atoms with E-state index in [1.165, 1.54) is 9.87 Å². The summed E-state index contributed by atoms with van der Waals surface area (Å²) in [6.45, 7) is 6.94. The molecule has 2 heterocycles. The zero-order valence-electron chi connectivity index (χ0n) is 17.5. The number of nitrogens with one attached hydrogen (secondary N) is 2. The third kappa shape index (κ3) is 3.94. The Labute approximate surface area is 177 Å². The van der Waals surface area contributed by atoms with Crippen LogP contribution >= 0.6 is 0 Å². The van der Waals surface area contributed by atoms with E-state index >= 15 is 0 Å². The number of para-hydroxylation sites is 1. The first-order valence-corrected chi connectivity index (χ1v) is 11.8. The third-order valence-electron chi connectivity index (χ3n) is 5.56. The molecule has 4 rings (SSSR count). The summed E-state index contributed by atoms with van der Waals surface area (Å²) < 4.78 is 27.0. The van der Waals surface area contributed by atoms with E-state index in [0.717, 1.165) is 22.2 Å². The van der Waals surface area contributed by atoms with Crippen molar-refractivity contribution in [2.75, 3.05) is 23.1 Å². The number of nitrogens with zero attached hydrogens (tertiary/aromatic N) is 1. The fraction of sp³-hybridized carbons (Fsp3) is 0.348. The van der Waals surface area contributed by atoms with E-state index in [4.69, 9.17) is 0 Å². The number of aromatic nitrogens is 1. The number of benzene rings is 2. The number of sulfonamides is 1. The molecule has 0 saturated carbocycles. The molecule has 1 aromatic heterocycles. The van der Waals surface area contributed by atoms with E-state index in [9.17, 15) is 13.2 Å². The SMILES string of the molecule is CC(C)(C)c1ccc2cc(C(=O)NCCS(=O)(=O)N3CCc4ccccc43)[nH]c2c1. The molecule has 0 spiro atoms.